The van der Waals surface area contributed by atoms with Gasteiger partial charge in [-0.3, -0.25) is 9.69 Å². The Balaban J connectivity index is 1.24. The second kappa shape index (κ2) is 7.92. The zero-order valence-corrected chi connectivity index (χ0v) is 18.4. The molecule has 32 heavy (non-hydrogen) atoms. The fourth-order valence-corrected chi connectivity index (χ4v) is 5.54. The summed E-state index contributed by atoms with van der Waals surface area (Å²) in [7, 11) is 0. The number of hydrogen-bond acceptors (Lipinski definition) is 6. The van der Waals surface area contributed by atoms with Crippen molar-refractivity contribution in [2.75, 3.05) is 26.3 Å². The maximum absolute atomic E-state index is 12.8. The fraction of sp³-hybridized carbons (Fsp3) is 0.542. The number of nitrogens with zero attached hydrogens (tertiary/aromatic N) is 4. The topological polar surface area (TPSA) is 85.3 Å². The molecular formula is C24H29N5O3. The minimum Gasteiger partial charge on any atom is -0.486 e. The summed E-state index contributed by atoms with van der Waals surface area (Å²) < 4.78 is 13.4. The molecule has 2 fully saturated rings. The van der Waals surface area contributed by atoms with Gasteiger partial charge in [-0.2, -0.15) is 5.10 Å². The third kappa shape index (κ3) is 3.46. The van der Waals surface area contributed by atoms with Crippen LogP contribution in [0.25, 0.3) is 11.0 Å². The highest BCUT2D eigenvalue weighted by Gasteiger charge is 2.33. The van der Waals surface area contributed by atoms with E-state index >= 15 is 0 Å². The smallest absolute Gasteiger partial charge is 0.262 e. The average Bonchev–Trinajstić information content (AvgIpc) is 3.53. The van der Waals surface area contributed by atoms with E-state index in [2.05, 4.69) is 34.0 Å². The first-order valence-corrected chi connectivity index (χ1v) is 11.7. The lowest BCUT2D eigenvalue weighted by atomic mass is 9.97. The van der Waals surface area contributed by atoms with Crippen LogP contribution in [0.1, 0.15) is 56.0 Å². The Bertz CT molecular complexity index is 1200. The molecule has 2 aromatic heterocycles. The summed E-state index contributed by atoms with van der Waals surface area (Å²) in [4.78, 5) is 23.3. The third-order valence-electron chi connectivity index (χ3n) is 7.20. The molecule has 8 heteroatoms. The molecule has 0 spiro atoms. The molecule has 0 unspecified atom stereocenters. The Morgan fingerprint density at radius 1 is 1.12 bits per heavy atom. The molecule has 4 heterocycles. The molecule has 2 aliphatic heterocycles. The summed E-state index contributed by atoms with van der Waals surface area (Å²) in [5, 5.41) is 5.13. The van der Waals surface area contributed by atoms with Crippen molar-refractivity contribution in [3.8, 4) is 11.5 Å². The molecule has 1 aromatic carbocycles. The first-order valence-electron chi connectivity index (χ1n) is 11.7. The molecule has 0 amide bonds. The van der Waals surface area contributed by atoms with Gasteiger partial charge in [0.05, 0.1) is 12.2 Å². The predicted octanol–water partition coefficient (Wildman–Crippen LogP) is 3.24. The SMILES string of the molecule is C[C@@H]1CN(Cc2ccc3c(c2)OCCO3)C[C@H]1c1nc2c(cnn2C2CCCC2)c(=O)[nH]1. The Morgan fingerprint density at radius 2 is 1.94 bits per heavy atom. The number of likely N-dealkylation sites (tertiary alicyclic amines) is 1. The van der Waals surface area contributed by atoms with Crippen molar-refractivity contribution in [3.05, 3.63) is 46.1 Å². The number of benzene rings is 1. The quantitative estimate of drug-likeness (QED) is 0.677. The van der Waals surface area contributed by atoms with E-state index in [0.29, 0.717) is 30.6 Å². The van der Waals surface area contributed by atoms with Crippen LogP contribution in [0, 0.1) is 5.92 Å². The summed E-state index contributed by atoms with van der Waals surface area (Å²) in [6.45, 7) is 6.10. The summed E-state index contributed by atoms with van der Waals surface area (Å²) in [6.07, 6.45) is 6.34. The van der Waals surface area contributed by atoms with Gasteiger partial charge < -0.3 is 14.5 Å². The number of fused-ring (bicyclic) bond motifs is 2. The van der Waals surface area contributed by atoms with Crippen molar-refractivity contribution in [1.29, 1.82) is 0 Å². The number of rotatable bonds is 4. The van der Waals surface area contributed by atoms with Gasteiger partial charge in [0.1, 0.15) is 24.4 Å². The van der Waals surface area contributed by atoms with Crippen molar-refractivity contribution < 1.29 is 9.47 Å². The first-order chi connectivity index (χ1) is 15.7. The normalized spacial score (nSPS) is 23.9. The minimum atomic E-state index is -0.0771. The zero-order valence-electron chi connectivity index (χ0n) is 18.4. The Kier molecular flexibility index (Phi) is 4.90. The molecule has 1 N–H and O–H groups in total. The van der Waals surface area contributed by atoms with Crippen LogP contribution in [0.15, 0.2) is 29.2 Å². The molecule has 1 saturated carbocycles. The monoisotopic (exact) mass is 435 g/mol. The lowest BCUT2D eigenvalue weighted by Gasteiger charge is -2.21. The highest BCUT2D eigenvalue weighted by Crippen LogP contribution is 2.35. The minimum absolute atomic E-state index is 0.0771. The van der Waals surface area contributed by atoms with Gasteiger partial charge in [0.15, 0.2) is 17.1 Å². The maximum Gasteiger partial charge on any atom is 0.262 e. The van der Waals surface area contributed by atoms with E-state index in [1.165, 1.54) is 18.4 Å². The number of aromatic amines is 1. The summed E-state index contributed by atoms with van der Waals surface area (Å²) in [6, 6.07) is 6.55. The van der Waals surface area contributed by atoms with E-state index in [1.54, 1.807) is 6.20 Å². The van der Waals surface area contributed by atoms with E-state index in [-0.39, 0.29) is 11.5 Å². The van der Waals surface area contributed by atoms with Gasteiger partial charge in [-0.25, -0.2) is 9.67 Å². The third-order valence-corrected chi connectivity index (χ3v) is 7.20. The van der Waals surface area contributed by atoms with Gasteiger partial charge in [-0.15, -0.1) is 0 Å². The summed E-state index contributed by atoms with van der Waals surface area (Å²) >= 11 is 0. The fourth-order valence-electron chi connectivity index (χ4n) is 5.54. The van der Waals surface area contributed by atoms with Crippen LogP contribution in [0.2, 0.25) is 0 Å². The van der Waals surface area contributed by atoms with Crippen molar-refractivity contribution in [3.63, 3.8) is 0 Å². The number of ether oxygens (including phenoxy) is 2. The summed E-state index contributed by atoms with van der Waals surface area (Å²) in [5.41, 5.74) is 1.87. The molecule has 0 radical (unpaired) electrons. The molecule has 168 valence electrons. The molecule has 2 atom stereocenters. The Labute approximate surface area is 186 Å². The van der Waals surface area contributed by atoms with Crippen LogP contribution in [-0.2, 0) is 6.54 Å². The van der Waals surface area contributed by atoms with Crippen molar-refractivity contribution >= 4 is 11.0 Å². The van der Waals surface area contributed by atoms with Crippen LogP contribution in [0.5, 0.6) is 11.5 Å². The number of aromatic nitrogens is 4. The van der Waals surface area contributed by atoms with Crippen molar-refractivity contribution in [2.24, 2.45) is 5.92 Å². The highest BCUT2D eigenvalue weighted by atomic mass is 16.6. The predicted molar refractivity (Wildman–Crippen MR) is 120 cm³/mol. The van der Waals surface area contributed by atoms with Gasteiger partial charge in [-0.1, -0.05) is 25.8 Å². The Morgan fingerprint density at radius 3 is 2.78 bits per heavy atom. The number of H-pyrrole nitrogens is 1. The molecule has 8 nitrogen and oxygen atoms in total. The highest BCUT2D eigenvalue weighted by molar-refractivity contribution is 5.73. The summed E-state index contributed by atoms with van der Waals surface area (Å²) in [5.74, 6) is 3.03. The van der Waals surface area contributed by atoms with E-state index in [4.69, 9.17) is 14.5 Å². The van der Waals surface area contributed by atoms with Gasteiger partial charge in [0.25, 0.3) is 5.56 Å². The largest absolute Gasteiger partial charge is 0.486 e. The van der Waals surface area contributed by atoms with Gasteiger partial charge in [0.2, 0.25) is 0 Å². The molecular weight excluding hydrogens is 406 g/mol. The molecule has 3 aliphatic rings. The number of hydrogen-bond donors (Lipinski definition) is 1. The van der Waals surface area contributed by atoms with Crippen LogP contribution < -0.4 is 15.0 Å². The van der Waals surface area contributed by atoms with Gasteiger partial charge >= 0.3 is 0 Å². The second-order valence-corrected chi connectivity index (χ2v) is 9.47. The van der Waals surface area contributed by atoms with E-state index < -0.39 is 0 Å². The molecule has 1 saturated heterocycles. The second-order valence-electron chi connectivity index (χ2n) is 9.47. The van der Waals surface area contributed by atoms with Crippen molar-refractivity contribution in [1.82, 2.24) is 24.6 Å². The molecule has 1 aliphatic carbocycles. The zero-order chi connectivity index (χ0) is 21.7. The van der Waals surface area contributed by atoms with Crippen LogP contribution in [0.4, 0.5) is 0 Å². The lowest BCUT2D eigenvalue weighted by Crippen LogP contribution is -2.22. The van der Waals surface area contributed by atoms with E-state index in [0.717, 1.165) is 55.4 Å². The lowest BCUT2D eigenvalue weighted by molar-refractivity contribution is 0.171. The molecule has 6 rings (SSSR count). The van der Waals surface area contributed by atoms with Crippen LogP contribution in [0.3, 0.4) is 0 Å². The Hall–Kier alpha value is -2.87. The number of nitrogens with one attached hydrogen (secondary N) is 1. The maximum atomic E-state index is 12.8. The first kappa shape index (κ1) is 19.8. The van der Waals surface area contributed by atoms with E-state index in [9.17, 15) is 4.79 Å². The van der Waals surface area contributed by atoms with Crippen molar-refractivity contribution in [2.45, 2.75) is 51.1 Å². The standard InChI is InChI=1S/C24H29N5O3/c1-15-12-28(13-16-6-7-20-21(10-16)32-9-8-31-20)14-19(15)22-26-23-18(24(30)27-22)11-25-29(23)17-4-2-3-5-17/h6-7,10-11,15,17,19H,2-5,8-9,12-14H2,1H3,(H,26,27,30)/t15-,19-/m1/s1. The molecule has 0 bridgehead atoms. The average molecular weight is 436 g/mol. The molecule has 3 aromatic rings. The van der Waals surface area contributed by atoms with Crippen LogP contribution >= 0.6 is 0 Å². The van der Waals surface area contributed by atoms with Gasteiger partial charge in [-0.05, 0) is 36.5 Å². The van der Waals surface area contributed by atoms with Gasteiger partial charge in [0, 0.05) is 25.6 Å². The van der Waals surface area contributed by atoms with Crippen LogP contribution in [-0.4, -0.2) is 51.0 Å². The van der Waals surface area contributed by atoms with E-state index in [1.807, 2.05) is 10.7 Å².